The number of amides is 2. The lowest BCUT2D eigenvalue weighted by Crippen LogP contribution is -2.53. The van der Waals surface area contributed by atoms with Gasteiger partial charge in [0.25, 0.3) is 5.91 Å². The van der Waals surface area contributed by atoms with Crippen LogP contribution in [0.3, 0.4) is 0 Å². The van der Waals surface area contributed by atoms with E-state index in [4.69, 9.17) is 4.74 Å². The van der Waals surface area contributed by atoms with Crippen LogP contribution in [0, 0.1) is 6.92 Å². The molecule has 1 aromatic carbocycles. The first kappa shape index (κ1) is 16.5. The number of ether oxygens (including phenoxy) is 1. The first-order valence-corrected chi connectivity index (χ1v) is 7.38. The number of morpholine rings is 1. The number of nitrogens with one attached hydrogen (secondary N) is 2. The van der Waals surface area contributed by atoms with Crippen LogP contribution in [0.1, 0.15) is 22.8 Å². The van der Waals surface area contributed by atoms with Crippen molar-refractivity contribution in [2.75, 3.05) is 32.6 Å². The summed E-state index contributed by atoms with van der Waals surface area (Å²) in [4.78, 5) is 25.8. The Morgan fingerprint density at radius 2 is 2.09 bits per heavy atom. The quantitative estimate of drug-likeness (QED) is 0.874. The maximum absolute atomic E-state index is 12.3. The molecule has 2 amide bonds. The van der Waals surface area contributed by atoms with Crippen LogP contribution in [0.15, 0.2) is 18.2 Å². The lowest BCUT2D eigenvalue weighted by Gasteiger charge is -2.29. The smallest absolute Gasteiger partial charge is 0.253 e. The fraction of sp³-hybridized carbons (Fsp3) is 0.500. The van der Waals surface area contributed by atoms with Gasteiger partial charge in [0.2, 0.25) is 5.91 Å². The number of anilines is 1. The van der Waals surface area contributed by atoms with Crippen LogP contribution < -0.4 is 10.6 Å². The highest BCUT2D eigenvalue weighted by molar-refractivity contribution is 5.98. The molecule has 6 heteroatoms. The normalized spacial score (nSPS) is 21.3. The molecule has 1 saturated heterocycles. The molecule has 1 heterocycles. The van der Waals surface area contributed by atoms with E-state index >= 15 is 0 Å². The van der Waals surface area contributed by atoms with Crippen LogP contribution in [0.25, 0.3) is 0 Å². The predicted molar refractivity (Wildman–Crippen MR) is 85.0 cm³/mol. The van der Waals surface area contributed by atoms with Crippen LogP contribution >= 0.6 is 0 Å². The van der Waals surface area contributed by atoms with Crippen molar-refractivity contribution in [3.8, 4) is 0 Å². The van der Waals surface area contributed by atoms with Gasteiger partial charge in [-0.3, -0.25) is 9.59 Å². The summed E-state index contributed by atoms with van der Waals surface area (Å²) >= 11 is 0. The number of nitrogens with zero attached hydrogens (tertiary/aromatic N) is 1. The summed E-state index contributed by atoms with van der Waals surface area (Å²) in [5.74, 6) is -0.176. The molecule has 120 valence electrons. The van der Waals surface area contributed by atoms with Crippen molar-refractivity contribution in [3.05, 3.63) is 29.3 Å². The van der Waals surface area contributed by atoms with E-state index in [1.807, 2.05) is 19.9 Å². The summed E-state index contributed by atoms with van der Waals surface area (Å²) in [6, 6.07) is 4.93. The molecular weight excluding hydrogens is 282 g/mol. The zero-order valence-corrected chi connectivity index (χ0v) is 13.5. The largest absolute Gasteiger partial charge is 0.375 e. The van der Waals surface area contributed by atoms with E-state index in [0.29, 0.717) is 24.4 Å². The Labute approximate surface area is 130 Å². The topological polar surface area (TPSA) is 70.7 Å². The molecule has 0 bridgehead atoms. The Bertz CT molecular complexity index is 572. The lowest BCUT2D eigenvalue weighted by atomic mass is 10.1. The Balaban J connectivity index is 2.09. The van der Waals surface area contributed by atoms with Gasteiger partial charge in [0.05, 0.1) is 12.7 Å². The van der Waals surface area contributed by atoms with Crippen LogP contribution in [0.5, 0.6) is 0 Å². The van der Waals surface area contributed by atoms with E-state index in [0.717, 1.165) is 5.56 Å². The van der Waals surface area contributed by atoms with E-state index < -0.39 is 0 Å². The lowest BCUT2D eigenvalue weighted by molar-refractivity contribution is -0.123. The highest BCUT2D eigenvalue weighted by atomic mass is 16.5. The highest BCUT2D eigenvalue weighted by Gasteiger charge is 2.28. The Morgan fingerprint density at radius 3 is 2.68 bits per heavy atom. The third kappa shape index (κ3) is 3.64. The number of rotatable bonds is 3. The van der Waals surface area contributed by atoms with Gasteiger partial charge in [0, 0.05) is 31.9 Å². The minimum atomic E-state index is -0.364. The molecule has 6 nitrogen and oxygen atoms in total. The van der Waals surface area contributed by atoms with Crippen molar-refractivity contribution in [1.29, 1.82) is 0 Å². The van der Waals surface area contributed by atoms with Crippen molar-refractivity contribution in [2.24, 2.45) is 0 Å². The van der Waals surface area contributed by atoms with Gasteiger partial charge in [-0.1, -0.05) is 0 Å². The molecule has 1 fully saturated rings. The van der Waals surface area contributed by atoms with Crippen LogP contribution in [0.2, 0.25) is 0 Å². The molecule has 2 N–H and O–H groups in total. The molecule has 0 saturated carbocycles. The van der Waals surface area contributed by atoms with E-state index in [2.05, 4.69) is 10.6 Å². The number of carbonyl (C=O) groups excluding carboxylic acids is 2. The minimum Gasteiger partial charge on any atom is -0.375 e. The monoisotopic (exact) mass is 305 g/mol. The molecule has 2 rings (SSSR count). The zero-order chi connectivity index (χ0) is 16.3. The SMILES string of the molecule is Cc1cc(NC(=O)[C@H]2NCCO[C@@H]2C)ccc1C(=O)N(C)C. The van der Waals surface area contributed by atoms with Gasteiger partial charge in [-0.15, -0.1) is 0 Å². The van der Waals surface area contributed by atoms with Gasteiger partial charge in [-0.2, -0.15) is 0 Å². The number of benzene rings is 1. The molecule has 2 atom stereocenters. The van der Waals surface area contributed by atoms with Gasteiger partial charge >= 0.3 is 0 Å². The van der Waals surface area contributed by atoms with Gasteiger partial charge in [-0.05, 0) is 37.6 Å². The fourth-order valence-electron chi connectivity index (χ4n) is 2.47. The van der Waals surface area contributed by atoms with Crippen molar-refractivity contribution in [2.45, 2.75) is 26.0 Å². The molecule has 0 radical (unpaired) electrons. The molecule has 0 unspecified atom stereocenters. The Hall–Kier alpha value is -1.92. The Kier molecular flexibility index (Phi) is 5.15. The maximum Gasteiger partial charge on any atom is 0.253 e. The van der Waals surface area contributed by atoms with Crippen LogP contribution in [-0.4, -0.2) is 56.1 Å². The summed E-state index contributed by atoms with van der Waals surface area (Å²) in [7, 11) is 3.43. The number of hydrogen-bond acceptors (Lipinski definition) is 4. The summed E-state index contributed by atoms with van der Waals surface area (Å²) in [5, 5.41) is 6.02. The summed E-state index contributed by atoms with van der Waals surface area (Å²) in [5.41, 5.74) is 2.14. The van der Waals surface area contributed by atoms with Crippen LogP contribution in [0.4, 0.5) is 5.69 Å². The van der Waals surface area contributed by atoms with Crippen molar-refractivity contribution in [3.63, 3.8) is 0 Å². The second-order valence-corrected chi connectivity index (χ2v) is 5.73. The predicted octanol–water partition coefficient (Wildman–Crippen LogP) is 1.01. The Morgan fingerprint density at radius 1 is 1.36 bits per heavy atom. The van der Waals surface area contributed by atoms with Crippen molar-refractivity contribution < 1.29 is 14.3 Å². The number of hydrogen-bond donors (Lipinski definition) is 2. The van der Waals surface area contributed by atoms with Gasteiger partial charge < -0.3 is 20.3 Å². The maximum atomic E-state index is 12.3. The summed E-state index contributed by atoms with van der Waals surface area (Å²) in [6.45, 7) is 5.01. The first-order chi connectivity index (χ1) is 10.4. The number of carbonyl (C=O) groups is 2. The standard InChI is InChI=1S/C16H23N3O3/c1-10-9-12(5-6-13(10)16(21)19(3)4)18-15(20)14-11(2)22-8-7-17-14/h5-6,9,11,14,17H,7-8H2,1-4H3,(H,18,20)/t11-,14+/m1/s1. The van der Waals surface area contributed by atoms with Crippen LogP contribution in [-0.2, 0) is 9.53 Å². The van der Waals surface area contributed by atoms with E-state index in [1.54, 1.807) is 26.2 Å². The molecule has 1 aliphatic heterocycles. The van der Waals surface area contributed by atoms with Crippen molar-refractivity contribution >= 4 is 17.5 Å². The fourth-order valence-corrected chi connectivity index (χ4v) is 2.47. The van der Waals surface area contributed by atoms with Gasteiger partial charge in [0.15, 0.2) is 0 Å². The van der Waals surface area contributed by atoms with Gasteiger partial charge in [-0.25, -0.2) is 0 Å². The van der Waals surface area contributed by atoms with E-state index in [9.17, 15) is 9.59 Å². The third-order valence-corrected chi connectivity index (χ3v) is 3.73. The molecular formula is C16H23N3O3. The zero-order valence-electron chi connectivity index (χ0n) is 13.5. The van der Waals surface area contributed by atoms with Crippen molar-refractivity contribution in [1.82, 2.24) is 10.2 Å². The van der Waals surface area contributed by atoms with E-state index in [1.165, 1.54) is 4.90 Å². The van der Waals surface area contributed by atoms with Gasteiger partial charge in [0.1, 0.15) is 6.04 Å². The number of aryl methyl sites for hydroxylation is 1. The average Bonchev–Trinajstić information content (AvgIpc) is 2.47. The first-order valence-electron chi connectivity index (χ1n) is 7.38. The molecule has 0 aliphatic carbocycles. The molecule has 1 aliphatic rings. The van der Waals surface area contributed by atoms with E-state index in [-0.39, 0.29) is 24.0 Å². The minimum absolute atomic E-state index is 0.0497. The third-order valence-electron chi connectivity index (χ3n) is 3.73. The highest BCUT2D eigenvalue weighted by Crippen LogP contribution is 2.17. The summed E-state index contributed by atoms with van der Waals surface area (Å²) < 4.78 is 5.48. The second kappa shape index (κ2) is 6.89. The molecule has 1 aromatic rings. The average molecular weight is 305 g/mol. The molecule has 0 spiro atoms. The second-order valence-electron chi connectivity index (χ2n) is 5.73. The molecule has 22 heavy (non-hydrogen) atoms. The summed E-state index contributed by atoms with van der Waals surface area (Å²) in [6.07, 6.45) is -0.163. The molecule has 0 aromatic heterocycles.